The largest absolute Gasteiger partial charge is 0.518 e. The molecule has 0 radical (unpaired) electrons. The summed E-state index contributed by atoms with van der Waals surface area (Å²) >= 11 is 12.2. The Morgan fingerprint density at radius 1 is 1.23 bits per heavy atom. The Hall–Kier alpha value is -0.183. The van der Waals surface area contributed by atoms with Crippen molar-refractivity contribution >= 4 is 29.1 Å². The number of hydrogen-bond acceptors (Lipinski definition) is 1. The Kier molecular flexibility index (Phi) is 2.54. The quantitative estimate of drug-likeness (QED) is 0.492. The zero-order chi connectivity index (χ0) is 9.31. The maximum atomic E-state index is 6.09. The van der Waals surface area contributed by atoms with Crippen LogP contribution in [0.25, 0.3) is 0 Å². The van der Waals surface area contributed by atoms with E-state index in [0.29, 0.717) is 0 Å². The number of para-hydroxylation sites is 1. The second-order valence-corrected chi connectivity index (χ2v) is 9.42. The van der Waals surface area contributed by atoms with Gasteiger partial charge in [0.2, 0.25) is 0 Å². The Labute approximate surface area is 88.2 Å². The Morgan fingerprint density at radius 2 is 2.00 bits per heavy atom. The molecule has 0 aromatic heterocycles. The van der Waals surface area contributed by atoms with Crippen LogP contribution in [0, 0.1) is 0 Å². The van der Waals surface area contributed by atoms with Crippen molar-refractivity contribution in [3.05, 3.63) is 29.8 Å². The SMILES string of the molecule is Cl[Si]1(Cl)CCCc2ccccc2O1. The van der Waals surface area contributed by atoms with Crippen molar-refractivity contribution in [1.82, 2.24) is 0 Å². The highest BCUT2D eigenvalue weighted by Gasteiger charge is 2.34. The van der Waals surface area contributed by atoms with Gasteiger partial charge in [-0.1, -0.05) is 40.4 Å². The molecule has 0 amide bonds. The summed E-state index contributed by atoms with van der Waals surface area (Å²) in [6.07, 6.45) is 2.04. The maximum Gasteiger partial charge on any atom is 0.449 e. The van der Waals surface area contributed by atoms with Gasteiger partial charge in [0.25, 0.3) is 0 Å². The van der Waals surface area contributed by atoms with Gasteiger partial charge in [0.15, 0.2) is 0 Å². The van der Waals surface area contributed by atoms with E-state index in [4.69, 9.17) is 26.6 Å². The molecule has 0 fully saturated rings. The van der Waals surface area contributed by atoms with Crippen LogP contribution < -0.4 is 4.43 Å². The smallest absolute Gasteiger partial charge is 0.449 e. The predicted molar refractivity (Wildman–Crippen MR) is 57.7 cm³/mol. The average molecular weight is 233 g/mol. The summed E-state index contributed by atoms with van der Waals surface area (Å²) < 4.78 is 5.61. The van der Waals surface area contributed by atoms with E-state index in [1.165, 1.54) is 5.56 Å². The number of aryl methyl sites for hydroxylation is 1. The van der Waals surface area contributed by atoms with Crippen LogP contribution in [0.4, 0.5) is 0 Å². The lowest BCUT2D eigenvalue weighted by Crippen LogP contribution is -2.27. The van der Waals surface area contributed by atoms with Gasteiger partial charge in [0.05, 0.1) is 0 Å². The molecule has 13 heavy (non-hydrogen) atoms. The molecule has 2 rings (SSSR count). The van der Waals surface area contributed by atoms with Crippen molar-refractivity contribution in [2.75, 3.05) is 0 Å². The van der Waals surface area contributed by atoms with Crippen LogP contribution in [0.1, 0.15) is 12.0 Å². The van der Waals surface area contributed by atoms with Gasteiger partial charge in [-0.3, -0.25) is 0 Å². The standard InChI is InChI=1S/C9H10Cl2OSi/c10-13(11)7-3-5-8-4-1-2-6-9(8)12-13/h1-2,4,6H,3,5,7H2. The molecular formula is C9H10Cl2OSi. The van der Waals surface area contributed by atoms with Crippen molar-refractivity contribution < 1.29 is 4.43 Å². The van der Waals surface area contributed by atoms with Crippen molar-refractivity contribution in [2.24, 2.45) is 0 Å². The molecule has 1 aromatic rings. The van der Waals surface area contributed by atoms with Crippen LogP contribution >= 0.6 is 22.2 Å². The molecule has 0 unspecified atom stereocenters. The molecule has 0 aliphatic carbocycles. The highest BCUT2D eigenvalue weighted by molar-refractivity contribution is 7.42. The lowest BCUT2D eigenvalue weighted by Gasteiger charge is -2.16. The summed E-state index contributed by atoms with van der Waals surface area (Å²) in [5.74, 6) is 0.872. The van der Waals surface area contributed by atoms with Gasteiger partial charge < -0.3 is 4.43 Å². The summed E-state index contributed by atoms with van der Waals surface area (Å²) in [6.45, 7) is -2.45. The predicted octanol–water partition coefficient (Wildman–Crippen LogP) is 3.43. The molecule has 0 bridgehead atoms. The molecule has 0 saturated heterocycles. The summed E-state index contributed by atoms with van der Waals surface area (Å²) in [7, 11) is 0. The lowest BCUT2D eigenvalue weighted by atomic mass is 10.1. The summed E-state index contributed by atoms with van der Waals surface area (Å²) in [5.41, 5.74) is 1.22. The van der Waals surface area contributed by atoms with E-state index in [-0.39, 0.29) is 0 Å². The molecule has 0 atom stereocenters. The molecule has 0 spiro atoms. The number of hydrogen-bond donors (Lipinski definition) is 0. The monoisotopic (exact) mass is 232 g/mol. The van der Waals surface area contributed by atoms with E-state index in [1.54, 1.807) is 0 Å². The maximum absolute atomic E-state index is 6.09. The van der Waals surface area contributed by atoms with Gasteiger partial charge in [-0.25, -0.2) is 0 Å². The van der Waals surface area contributed by atoms with Gasteiger partial charge >= 0.3 is 6.94 Å². The summed E-state index contributed by atoms with van der Waals surface area (Å²) in [4.78, 5) is 0. The van der Waals surface area contributed by atoms with Crippen molar-refractivity contribution in [2.45, 2.75) is 18.9 Å². The summed E-state index contributed by atoms with van der Waals surface area (Å²) in [5, 5.41) is 0. The zero-order valence-electron chi connectivity index (χ0n) is 7.09. The van der Waals surface area contributed by atoms with Crippen molar-refractivity contribution in [3.8, 4) is 5.75 Å². The Morgan fingerprint density at radius 3 is 2.85 bits per heavy atom. The zero-order valence-corrected chi connectivity index (χ0v) is 9.61. The highest BCUT2D eigenvalue weighted by atomic mass is 35.7. The Balaban J connectivity index is 2.34. The van der Waals surface area contributed by atoms with Crippen LogP contribution in [0.5, 0.6) is 5.75 Å². The topological polar surface area (TPSA) is 9.23 Å². The van der Waals surface area contributed by atoms with Gasteiger partial charge in [-0.05, 0) is 24.5 Å². The second-order valence-electron chi connectivity index (χ2n) is 3.20. The highest BCUT2D eigenvalue weighted by Crippen LogP contribution is 2.33. The normalized spacial score (nSPS) is 19.8. The second kappa shape index (κ2) is 3.52. The number of benzene rings is 1. The molecule has 70 valence electrons. The van der Waals surface area contributed by atoms with Crippen molar-refractivity contribution in [1.29, 1.82) is 0 Å². The van der Waals surface area contributed by atoms with E-state index in [2.05, 4.69) is 6.07 Å². The molecular weight excluding hydrogens is 223 g/mol. The Bertz CT molecular complexity index is 314. The number of halogens is 2. The molecule has 0 saturated carbocycles. The first kappa shape index (κ1) is 9.37. The van der Waals surface area contributed by atoms with Gasteiger partial charge in [0, 0.05) is 6.04 Å². The van der Waals surface area contributed by atoms with Gasteiger partial charge in [0.1, 0.15) is 5.75 Å². The third kappa shape index (κ3) is 2.19. The summed E-state index contributed by atoms with van der Waals surface area (Å²) in [6, 6.07) is 8.78. The van der Waals surface area contributed by atoms with Crippen LogP contribution in [-0.4, -0.2) is 6.94 Å². The van der Waals surface area contributed by atoms with Crippen LogP contribution in [0.3, 0.4) is 0 Å². The molecule has 1 aliphatic heterocycles. The van der Waals surface area contributed by atoms with Crippen molar-refractivity contribution in [3.63, 3.8) is 0 Å². The van der Waals surface area contributed by atoms with E-state index in [9.17, 15) is 0 Å². The molecule has 1 aromatic carbocycles. The molecule has 0 N–H and O–H groups in total. The number of rotatable bonds is 0. The minimum absolute atomic E-state index is 0.810. The molecule has 1 heterocycles. The van der Waals surface area contributed by atoms with Gasteiger partial charge in [-0.15, -0.1) is 0 Å². The first-order valence-electron chi connectivity index (χ1n) is 4.32. The lowest BCUT2D eigenvalue weighted by molar-refractivity contribution is 0.578. The van der Waals surface area contributed by atoms with E-state index in [0.717, 1.165) is 24.6 Å². The average Bonchev–Trinajstić information content (AvgIpc) is 2.21. The van der Waals surface area contributed by atoms with E-state index < -0.39 is 6.94 Å². The molecule has 1 aliphatic rings. The van der Waals surface area contributed by atoms with E-state index >= 15 is 0 Å². The number of fused-ring (bicyclic) bond motifs is 1. The van der Waals surface area contributed by atoms with E-state index in [1.807, 2.05) is 18.2 Å². The minimum Gasteiger partial charge on any atom is -0.518 e. The first-order chi connectivity index (χ1) is 6.17. The fraction of sp³-hybridized carbons (Fsp3) is 0.333. The van der Waals surface area contributed by atoms with Crippen LogP contribution in [0.2, 0.25) is 6.04 Å². The third-order valence-electron chi connectivity index (χ3n) is 2.15. The van der Waals surface area contributed by atoms with Gasteiger partial charge in [-0.2, -0.15) is 0 Å². The molecule has 1 nitrogen and oxygen atoms in total. The first-order valence-corrected chi connectivity index (χ1v) is 8.46. The van der Waals surface area contributed by atoms with Crippen LogP contribution in [0.15, 0.2) is 24.3 Å². The fourth-order valence-electron chi connectivity index (χ4n) is 1.51. The van der Waals surface area contributed by atoms with Crippen LogP contribution in [-0.2, 0) is 6.42 Å². The fourth-order valence-corrected chi connectivity index (χ4v) is 4.02. The molecule has 4 heteroatoms. The minimum atomic E-state index is -2.45. The third-order valence-corrected chi connectivity index (χ3v) is 5.20.